The lowest BCUT2D eigenvalue weighted by Crippen LogP contribution is -2.58. The summed E-state index contributed by atoms with van der Waals surface area (Å²) < 4.78 is 7.43. The summed E-state index contributed by atoms with van der Waals surface area (Å²) >= 11 is 0. The van der Waals surface area contributed by atoms with Gasteiger partial charge in [-0.2, -0.15) is 5.10 Å². The molecule has 1 aliphatic heterocycles. The normalized spacial score (nSPS) is 19.5. The van der Waals surface area contributed by atoms with Crippen molar-refractivity contribution in [3.05, 3.63) is 42.2 Å². The monoisotopic (exact) mass is 314 g/mol. The molecule has 2 aromatic rings. The van der Waals surface area contributed by atoms with E-state index in [4.69, 9.17) is 4.74 Å². The smallest absolute Gasteiger partial charge is 0.278 e. The molecule has 0 saturated heterocycles. The fourth-order valence-corrected chi connectivity index (χ4v) is 2.34. The van der Waals surface area contributed by atoms with E-state index in [9.17, 15) is 9.59 Å². The number of aryl methyl sites for hydroxylation is 1. The maximum absolute atomic E-state index is 12.5. The highest BCUT2D eigenvalue weighted by Crippen LogP contribution is 2.33. The van der Waals surface area contributed by atoms with E-state index in [2.05, 4.69) is 15.7 Å². The van der Waals surface area contributed by atoms with Gasteiger partial charge in [-0.15, -0.1) is 0 Å². The van der Waals surface area contributed by atoms with Crippen molar-refractivity contribution in [3.8, 4) is 5.75 Å². The zero-order chi connectivity index (χ0) is 16.4. The molecule has 1 atom stereocenters. The van der Waals surface area contributed by atoms with E-state index in [0.29, 0.717) is 11.4 Å². The van der Waals surface area contributed by atoms with Gasteiger partial charge in [-0.3, -0.25) is 14.3 Å². The van der Waals surface area contributed by atoms with Gasteiger partial charge >= 0.3 is 0 Å². The number of hydrogen-bond acceptors (Lipinski definition) is 4. The van der Waals surface area contributed by atoms with Gasteiger partial charge in [-0.05, 0) is 26.0 Å². The zero-order valence-electron chi connectivity index (χ0n) is 13.0. The van der Waals surface area contributed by atoms with Gasteiger partial charge in [0.15, 0.2) is 0 Å². The second-order valence-corrected chi connectivity index (χ2v) is 5.47. The van der Waals surface area contributed by atoms with Gasteiger partial charge in [-0.25, -0.2) is 0 Å². The molecule has 0 fully saturated rings. The van der Waals surface area contributed by atoms with Crippen LogP contribution in [0, 0.1) is 0 Å². The Morgan fingerprint density at radius 1 is 1.43 bits per heavy atom. The van der Waals surface area contributed by atoms with E-state index in [1.165, 1.54) is 6.92 Å². The first-order valence-electron chi connectivity index (χ1n) is 7.42. The summed E-state index contributed by atoms with van der Waals surface area (Å²) in [7, 11) is 0. The van der Waals surface area contributed by atoms with Crippen molar-refractivity contribution in [1.29, 1.82) is 0 Å². The van der Waals surface area contributed by atoms with Crippen LogP contribution >= 0.6 is 0 Å². The Kier molecular flexibility index (Phi) is 3.77. The number of carbonyl (C=O) groups excluding carboxylic acids is 2. The number of benzene rings is 1. The van der Waals surface area contributed by atoms with Gasteiger partial charge in [0.1, 0.15) is 5.75 Å². The molecule has 3 rings (SSSR count). The Hall–Kier alpha value is -2.83. The van der Waals surface area contributed by atoms with E-state index < -0.39 is 17.4 Å². The third kappa shape index (κ3) is 2.77. The Bertz CT molecular complexity index is 755. The molecule has 0 radical (unpaired) electrons. The summed E-state index contributed by atoms with van der Waals surface area (Å²) in [6.07, 6.45) is 3.53. The molecule has 7 heteroatoms. The number of anilines is 1. The molecule has 0 bridgehead atoms. The van der Waals surface area contributed by atoms with E-state index in [1.54, 1.807) is 35.1 Å². The zero-order valence-corrected chi connectivity index (χ0v) is 13.0. The molecular weight excluding hydrogens is 296 g/mol. The van der Waals surface area contributed by atoms with Crippen LogP contribution in [0.1, 0.15) is 19.4 Å². The predicted octanol–water partition coefficient (Wildman–Crippen LogP) is 1.31. The second kappa shape index (κ2) is 5.75. The van der Waals surface area contributed by atoms with Crippen molar-refractivity contribution in [3.63, 3.8) is 0 Å². The summed E-state index contributed by atoms with van der Waals surface area (Å²) in [6, 6.07) is 7.01. The molecule has 1 aliphatic rings. The van der Waals surface area contributed by atoms with Crippen molar-refractivity contribution in [2.75, 3.05) is 5.32 Å². The molecule has 2 heterocycles. The van der Waals surface area contributed by atoms with Crippen LogP contribution in [0.2, 0.25) is 0 Å². The Morgan fingerprint density at radius 3 is 2.96 bits per heavy atom. The molecule has 0 unspecified atom stereocenters. The molecule has 120 valence electrons. The molecule has 0 saturated carbocycles. The Labute approximate surface area is 133 Å². The van der Waals surface area contributed by atoms with Crippen LogP contribution in [0.25, 0.3) is 0 Å². The topological polar surface area (TPSA) is 85.3 Å². The summed E-state index contributed by atoms with van der Waals surface area (Å²) in [5.41, 5.74) is -0.179. The van der Waals surface area contributed by atoms with Crippen LogP contribution < -0.4 is 15.4 Å². The average molecular weight is 314 g/mol. The van der Waals surface area contributed by atoms with E-state index in [-0.39, 0.29) is 6.54 Å². The highest BCUT2D eigenvalue weighted by atomic mass is 16.5. The minimum Gasteiger partial charge on any atom is -0.466 e. The number of carbonyl (C=O) groups is 2. The summed E-state index contributed by atoms with van der Waals surface area (Å²) in [4.78, 5) is 24.7. The highest BCUT2D eigenvalue weighted by molar-refractivity contribution is 6.15. The minimum atomic E-state index is -1.60. The van der Waals surface area contributed by atoms with E-state index in [0.717, 1.165) is 12.1 Å². The molecule has 1 aromatic carbocycles. The fraction of sp³-hybridized carbons (Fsp3) is 0.312. The number of aromatic nitrogens is 2. The molecule has 23 heavy (non-hydrogen) atoms. The van der Waals surface area contributed by atoms with Gasteiger partial charge in [0, 0.05) is 24.8 Å². The second-order valence-electron chi connectivity index (χ2n) is 5.47. The molecule has 1 aromatic heterocycles. The first-order chi connectivity index (χ1) is 11.0. The van der Waals surface area contributed by atoms with Gasteiger partial charge in [-0.1, -0.05) is 12.1 Å². The third-order valence-corrected chi connectivity index (χ3v) is 3.78. The van der Waals surface area contributed by atoms with E-state index >= 15 is 0 Å². The number of nitrogens with one attached hydrogen (secondary N) is 2. The largest absolute Gasteiger partial charge is 0.466 e. The standard InChI is InChI=1S/C16H18N4O3/c1-3-20-10-11(9-18-20)8-17-14(21)16(2)15(22)19-12-6-4-5-7-13(12)23-16/h4-7,9-10H,3,8H2,1-2H3,(H,17,21)(H,19,22)/t16-/m1/s1. The minimum absolute atomic E-state index is 0.284. The lowest BCUT2D eigenvalue weighted by Gasteiger charge is -2.33. The quantitative estimate of drug-likeness (QED) is 0.833. The summed E-state index contributed by atoms with van der Waals surface area (Å²) in [5.74, 6) is -0.504. The van der Waals surface area contributed by atoms with Crippen molar-refractivity contribution in [1.82, 2.24) is 15.1 Å². The number of ether oxygens (including phenoxy) is 1. The van der Waals surface area contributed by atoms with Crippen molar-refractivity contribution >= 4 is 17.5 Å². The maximum atomic E-state index is 12.5. The van der Waals surface area contributed by atoms with Gasteiger partial charge in [0.05, 0.1) is 11.9 Å². The van der Waals surface area contributed by atoms with Gasteiger partial charge in [0.25, 0.3) is 17.4 Å². The van der Waals surface area contributed by atoms with E-state index in [1.807, 2.05) is 13.1 Å². The van der Waals surface area contributed by atoms with Crippen molar-refractivity contribution in [2.24, 2.45) is 0 Å². The SMILES string of the molecule is CCn1cc(CNC(=O)[C@@]2(C)Oc3ccccc3NC2=O)cn1. The first kappa shape index (κ1) is 15.1. The van der Waals surface area contributed by atoms with Crippen LogP contribution in [0.3, 0.4) is 0 Å². The lowest BCUT2D eigenvalue weighted by atomic mass is 10.0. The Balaban J connectivity index is 1.72. The third-order valence-electron chi connectivity index (χ3n) is 3.78. The first-order valence-corrected chi connectivity index (χ1v) is 7.42. The van der Waals surface area contributed by atoms with Crippen molar-refractivity contribution < 1.29 is 14.3 Å². The fourth-order valence-electron chi connectivity index (χ4n) is 2.34. The summed E-state index contributed by atoms with van der Waals surface area (Å²) in [5, 5.41) is 9.57. The van der Waals surface area contributed by atoms with Gasteiger partial charge < -0.3 is 15.4 Å². The van der Waals surface area contributed by atoms with Crippen LogP contribution in [-0.4, -0.2) is 27.2 Å². The van der Waals surface area contributed by atoms with Gasteiger partial charge in [0.2, 0.25) is 0 Å². The highest BCUT2D eigenvalue weighted by Gasteiger charge is 2.47. The number of rotatable bonds is 4. The van der Waals surface area contributed by atoms with Crippen LogP contribution in [0.4, 0.5) is 5.69 Å². The predicted molar refractivity (Wildman–Crippen MR) is 83.9 cm³/mol. The molecule has 7 nitrogen and oxygen atoms in total. The number of para-hydroxylation sites is 2. The lowest BCUT2D eigenvalue weighted by molar-refractivity contribution is -0.146. The molecular formula is C16H18N4O3. The molecule has 0 aliphatic carbocycles. The van der Waals surface area contributed by atoms with Crippen LogP contribution in [0.15, 0.2) is 36.7 Å². The Morgan fingerprint density at radius 2 is 2.22 bits per heavy atom. The van der Waals surface area contributed by atoms with Crippen LogP contribution in [0.5, 0.6) is 5.75 Å². The average Bonchev–Trinajstić information content (AvgIpc) is 3.01. The summed E-state index contributed by atoms with van der Waals surface area (Å²) in [6.45, 7) is 4.48. The van der Waals surface area contributed by atoms with Crippen molar-refractivity contribution in [2.45, 2.75) is 32.5 Å². The molecule has 2 amide bonds. The number of fused-ring (bicyclic) bond motifs is 1. The molecule has 2 N–H and O–H groups in total. The number of hydrogen-bond donors (Lipinski definition) is 2. The maximum Gasteiger partial charge on any atom is 0.278 e. The number of nitrogens with zero attached hydrogens (tertiary/aromatic N) is 2. The molecule has 0 spiro atoms. The van der Waals surface area contributed by atoms with Crippen LogP contribution in [-0.2, 0) is 22.7 Å². The number of amides is 2.